The number of ether oxygens (including phenoxy) is 1. The van der Waals surface area contributed by atoms with Gasteiger partial charge in [-0.05, 0) is 31.7 Å². The summed E-state index contributed by atoms with van der Waals surface area (Å²) in [6, 6.07) is 9.83. The van der Waals surface area contributed by atoms with Gasteiger partial charge in [0.2, 0.25) is 5.91 Å². The van der Waals surface area contributed by atoms with Crippen LogP contribution in [0, 0.1) is 6.92 Å². The first-order valence-electron chi connectivity index (χ1n) is 9.90. The quantitative estimate of drug-likeness (QED) is 0.660. The molecule has 7 nitrogen and oxygen atoms in total. The smallest absolute Gasteiger partial charge is 0.220 e. The summed E-state index contributed by atoms with van der Waals surface area (Å²) < 4.78 is 10.9. The highest BCUT2D eigenvalue weighted by Gasteiger charge is 2.17. The lowest BCUT2D eigenvalue weighted by Crippen LogP contribution is -2.23. The largest absolute Gasteiger partial charge is 0.378 e. The highest BCUT2D eigenvalue weighted by molar-refractivity contribution is 5.78. The van der Waals surface area contributed by atoms with Crippen LogP contribution in [-0.4, -0.2) is 33.7 Å². The van der Waals surface area contributed by atoms with E-state index in [-0.39, 0.29) is 12.0 Å². The Hall–Kier alpha value is -3.06. The topological polar surface area (TPSA) is 90.1 Å². The van der Waals surface area contributed by atoms with Crippen LogP contribution in [0.15, 0.2) is 47.4 Å². The molecule has 0 bridgehead atoms. The Bertz CT molecular complexity index is 962. The van der Waals surface area contributed by atoms with Gasteiger partial charge in [-0.3, -0.25) is 4.79 Å². The summed E-state index contributed by atoms with van der Waals surface area (Å²) >= 11 is 0. The van der Waals surface area contributed by atoms with Crippen molar-refractivity contribution in [2.45, 2.75) is 45.3 Å². The van der Waals surface area contributed by atoms with E-state index in [2.05, 4.69) is 20.4 Å². The minimum absolute atomic E-state index is 0.0587. The third-order valence-corrected chi connectivity index (χ3v) is 5.04. The summed E-state index contributed by atoms with van der Waals surface area (Å²) in [5, 5.41) is 6.92. The highest BCUT2D eigenvalue weighted by atomic mass is 16.5. The van der Waals surface area contributed by atoms with Gasteiger partial charge in [-0.15, -0.1) is 0 Å². The number of nitrogens with zero attached hydrogens (tertiary/aromatic N) is 3. The maximum absolute atomic E-state index is 12.1. The maximum Gasteiger partial charge on any atom is 0.220 e. The molecule has 1 amide bonds. The zero-order valence-electron chi connectivity index (χ0n) is 16.4. The van der Waals surface area contributed by atoms with E-state index in [4.69, 9.17) is 9.26 Å². The fraction of sp³-hybridized carbons (Fsp3) is 0.364. The average Bonchev–Trinajstić information content (AvgIpc) is 3.43. The van der Waals surface area contributed by atoms with Crippen LogP contribution in [0.4, 0.5) is 0 Å². The Labute approximate surface area is 169 Å². The number of aryl methyl sites for hydroxylation is 1. The fourth-order valence-electron chi connectivity index (χ4n) is 3.46. The Morgan fingerprint density at radius 3 is 2.86 bits per heavy atom. The minimum Gasteiger partial charge on any atom is -0.378 e. The van der Waals surface area contributed by atoms with Crippen molar-refractivity contribution in [3.05, 3.63) is 54.1 Å². The molecule has 2 aromatic heterocycles. The van der Waals surface area contributed by atoms with Crippen molar-refractivity contribution in [3.63, 3.8) is 0 Å². The van der Waals surface area contributed by atoms with Gasteiger partial charge in [0, 0.05) is 37.4 Å². The van der Waals surface area contributed by atoms with Crippen LogP contribution in [0.5, 0.6) is 0 Å². The molecule has 3 aromatic rings. The lowest BCUT2D eigenvalue weighted by molar-refractivity contribution is -0.121. The number of benzene rings is 1. The van der Waals surface area contributed by atoms with Gasteiger partial charge in [0.05, 0.1) is 23.1 Å². The van der Waals surface area contributed by atoms with Gasteiger partial charge in [-0.25, -0.2) is 9.97 Å². The monoisotopic (exact) mass is 392 g/mol. The van der Waals surface area contributed by atoms with E-state index in [1.165, 1.54) is 6.33 Å². The molecular formula is C22H24N4O3. The first-order valence-corrected chi connectivity index (χ1v) is 9.90. The zero-order chi connectivity index (χ0) is 20.1. The van der Waals surface area contributed by atoms with Gasteiger partial charge in [-0.1, -0.05) is 29.4 Å². The van der Waals surface area contributed by atoms with Gasteiger partial charge >= 0.3 is 0 Å². The van der Waals surface area contributed by atoms with Gasteiger partial charge in [0.1, 0.15) is 6.33 Å². The summed E-state index contributed by atoms with van der Waals surface area (Å²) in [6.07, 6.45) is 6.95. The van der Waals surface area contributed by atoms with Gasteiger partial charge in [-0.2, -0.15) is 0 Å². The third-order valence-electron chi connectivity index (χ3n) is 5.04. The van der Waals surface area contributed by atoms with E-state index >= 15 is 0 Å². The molecule has 1 N–H and O–H groups in total. The Morgan fingerprint density at radius 2 is 2.14 bits per heavy atom. The first kappa shape index (κ1) is 19.3. The van der Waals surface area contributed by atoms with Crippen LogP contribution in [0.3, 0.4) is 0 Å². The predicted molar refractivity (Wildman–Crippen MR) is 108 cm³/mol. The summed E-state index contributed by atoms with van der Waals surface area (Å²) in [7, 11) is 0. The predicted octanol–water partition coefficient (Wildman–Crippen LogP) is 3.68. The van der Waals surface area contributed by atoms with Crippen molar-refractivity contribution >= 4 is 5.91 Å². The van der Waals surface area contributed by atoms with Gasteiger partial charge in [0.15, 0.2) is 5.76 Å². The van der Waals surface area contributed by atoms with Crippen molar-refractivity contribution in [1.29, 1.82) is 0 Å². The number of hydrogen-bond donors (Lipinski definition) is 1. The molecule has 0 unspecified atom stereocenters. The maximum atomic E-state index is 12.1. The molecule has 1 aliphatic heterocycles. The molecule has 0 aliphatic carbocycles. The van der Waals surface area contributed by atoms with E-state index in [1.807, 2.05) is 37.3 Å². The van der Waals surface area contributed by atoms with Crippen molar-refractivity contribution < 1.29 is 14.1 Å². The van der Waals surface area contributed by atoms with Crippen molar-refractivity contribution in [1.82, 2.24) is 20.4 Å². The molecule has 3 heterocycles. The highest BCUT2D eigenvalue weighted by Crippen LogP contribution is 2.30. The number of nitrogens with one attached hydrogen (secondary N) is 1. The number of rotatable bonds is 7. The SMILES string of the molecule is Cc1cc(-c2cncnc2-c2ccc(CNC(=O)CC[C@H]3CCCO3)cc2)on1. The molecule has 0 radical (unpaired) electrons. The van der Waals surface area contributed by atoms with Crippen molar-refractivity contribution in [3.8, 4) is 22.6 Å². The summed E-state index contributed by atoms with van der Waals surface area (Å²) in [5.41, 5.74) is 4.36. The van der Waals surface area contributed by atoms with E-state index < -0.39 is 0 Å². The van der Waals surface area contributed by atoms with Crippen molar-refractivity contribution in [2.75, 3.05) is 6.61 Å². The number of amides is 1. The second-order valence-corrected chi connectivity index (χ2v) is 7.26. The molecule has 1 saturated heterocycles. The zero-order valence-corrected chi connectivity index (χ0v) is 16.4. The second-order valence-electron chi connectivity index (χ2n) is 7.26. The molecule has 0 spiro atoms. The third kappa shape index (κ3) is 4.86. The van der Waals surface area contributed by atoms with Crippen LogP contribution in [0.25, 0.3) is 22.6 Å². The van der Waals surface area contributed by atoms with Gasteiger partial charge in [0.25, 0.3) is 0 Å². The standard InChI is InChI=1S/C22H24N4O3/c1-15-11-20(29-26-15)19-13-23-14-25-22(19)17-6-4-16(5-7-17)12-24-21(27)9-8-18-3-2-10-28-18/h4-7,11,13-14,18H,2-3,8-10,12H2,1H3,(H,24,27)/t18-/m1/s1. The van der Waals surface area contributed by atoms with E-state index in [9.17, 15) is 4.79 Å². The Kier molecular flexibility index (Phi) is 5.95. The lowest BCUT2D eigenvalue weighted by Gasteiger charge is -2.10. The van der Waals surface area contributed by atoms with Crippen LogP contribution in [-0.2, 0) is 16.1 Å². The molecule has 1 aromatic carbocycles. The van der Waals surface area contributed by atoms with Crippen LogP contribution in [0.1, 0.15) is 36.9 Å². The van der Waals surface area contributed by atoms with Gasteiger partial charge < -0.3 is 14.6 Å². The summed E-state index contributed by atoms with van der Waals surface area (Å²) in [5.74, 6) is 0.698. The van der Waals surface area contributed by atoms with E-state index in [0.29, 0.717) is 18.7 Å². The van der Waals surface area contributed by atoms with E-state index in [1.54, 1.807) is 6.20 Å². The summed E-state index contributed by atoms with van der Waals surface area (Å²) in [6.45, 7) is 3.20. The molecule has 150 valence electrons. The van der Waals surface area contributed by atoms with Crippen molar-refractivity contribution in [2.24, 2.45) is 0 Å². The molecule has 7 heteroatoms. The van der Waals surface area contributed by atoms with Crippen LogP contribution in [0.2, 0.25) is 0 Å². The Morgan fingerprint density at radius 1 is 1.28 bits per heavy atom. The molecule has 4 rings (SSSR count). The van der Waals surface area contributed by atoms with Crippen LogP contribution < -0.4 is 5.32 Å². The summed E-state index contributed by atoms with van der Waals surface area (Å²) in [4.78, 5) is 20.6. The number of carbonyl (C=O) groups is 1. The molecule has 1 aliphatic rings. The van der Waals surface area contributed by atoms with E-state index in [0.717, 1.165) is 53.9 Å². The number of hydrogen-bond acceptors (Lipinski definition) is 6. The average molecular weight is 392 g/mol. The minimum atomic E-state index is 0.0587. The lowest BCUT2D eigenvalue weighted by atomic mass is 10.0. The first-order chi connectivity index (χ1) is 14.2. The second kappa shape index (κ2) is 8.96. The fourth-order valence-corrected chi connectivity index (χ4v) is 3.46. The molecule has 1 atom stereocenters. The molecule has 29 heavy (non-hydrogen) atoms. The Balaban J connectivity index is 1.38. The molecular weight excluding hydrogens is 368 g/mol. The molecule has 0 saturated carbocycles. The van der Waals surface area contributed by atoms with Crippen LogP contribution >= 0.6 is 0 Å². The normalized spacial score (nSPS) is 16.1. The molecule has 1 fully saturated rings. The number of aromatic nitrogens is 3. The number of carbonyl (C=O) groups excluding carboxylic acids is 1.